The number of benzene rings is 1. The van der Waals surface area contributed by atoms with Gasteiger partial charge in [0.1, 0.15) is 11.6 Å². The van der Waals surface area contributed by atoms with Crippen LogP contribution in [0.15, 0.2) is 18.2 Å². The second-order valence-corrected chi connectivity index (χ2v) is 3.27. The van der Waals surface area contributed by atoms with Gasteiger partial charge in [-0.05, 0) is 18.2 Å². The molecular formula is C10H13F2N3O. The molecule has 0 heterocycles. The molecule has 1 aromatic carbocycles. The molecule has 0 bridgehead atoms. The number of hydrogen-bond donors (Lipinski definition) is 3. The van der Waals surface area contributed by atoms with Crippen molar-refractivity contribution in [2.24, 2.45) is 5.73 Å². The van der Waals surface area contributed by atoms with E-state index in [-0.39, 0.29) is 12.0 Å². The third-order valence-electron chi connectivity index (χ3n) is 2.03. The highest BCUT2D eigenvalue weighted by Gasteiger charge is 2.15. The highest BCUT2D eigenvalue weighted by molar-refractivity contribution is 5.76. The first-order valence-corrected chi connectivity index (χ1v) is 4.70. The minimum absolute atomic E-state index is 0.00810. The smallest absolute Gasteiger partial charge is 0.235 e. The minimum atomic E-state index is -0.871. The molecule has 0 radical (unpaired) electrons. The Kier molecular flexibility index (Phi) is 4.33. The normalized spacial score (nSPS) is 12.2. The van der Waals surface area contributed by atoms with E-state index in [1.807, 2.05) is 0 Å². The van der Waals surface area contributed by atoms with Gasteiger partial charge in [-0.1, -0.05) is 0 Å². The molecule has 1 unspecified atom stereocenters. The van der Waals surface area contributed by atoms with Crippen LogP contribution in [-0.2, 0) is 4.79 Å². The zero-order valence-electron chi connectivity index (χ0n) is 8.76. The van der Waals surface area contributed by atoms with E-state index in [9.17, 15) is 13.6 Å². The van der Waals surface area contributed by atoms with Gasteiger partial charge in [-0.3, -0.25) is 10.2 Å². The lowest BCUT2D eigenvalue weighted by molar-refractivity contribution is -0.122. The molecule has 0 aliphatic rings. The summed E-state index contributed by atoms with van der Waals surface area (Å²) in [5.41, 5.74) is 10.3. The fraction of sp³-hybridized carbons (Fsp3) is 0.300. The summed E-state index contributed by atoms with van der Waals surface area (Å²) in [6, 6.07) is 2.11. The molecule has 4 N–H and O–H groups in total. The summed E-state index contributed by atoms with van der Waals surface area (Å²) in [7, 11) is 1.52. The predicted octanol–water partition coefficient (Wildman–Crippen LogP) is 0.605. The summed E-state index contributed by atoms with van der Waals surface area (Å²) in [5, 5.41) is 0. The van der Waals surface area contributed by atoms with Gasteiger partial charge < -0.3 is 5.73 Å². The lowest BCUT2D eigenvalue weighted by atomic mass is 10.0. The number of carbonyl (C=O) groups is 1. The Morgan fingerprint density at radius 3 is 2.81 bits per heavy atom. The first-order valence-electron chi connectivity index (χ1n) is 4.70. The highest BCUT2D eigenvalue weighted by Crippen LogP contribution is 2.18. The van der Waals surface area contributed by atoms with E-state index in [1.54, 1.807) is 0 Å². The number of halogens is 2. The Balaban J connectivity index is 2.76. The van der Waals surface area contributed by atoms with Crippen molar-refractivity contribution < 1.29 is 13.6 Å². The number of nitrogens with one attached hydrogen (secondary N) is 2. The fourth-order valence-electron chi connectivity index (χ4n) is 1.30. The van der Waals surface area contributed by atoms with Gasteiger partial charge in [0, 0.05) is 25.1 Å². The number of carbonyl (C=O) groups excluding carboxylic acids is 1. The largest absolute Gasteiger partial charge is 0.323 e. The molecule has 1 rings (SSSR count). The van der Waals surface area contributed by atoms with Crippen LogP contribution in [0.5, 0.6) is 0 Å². The van der Waals surface area contributed by atoms with Gasteiger partial charge in [0.25, 0.3) is 0 Å². The zero-order chi connectivity index (χ0) is 12.1. The molecular weight excluding hydrogens is 216 g/mol. The van der Waals surface area contributed by atoms with Crippen LogP contribution >= 0.6 is 0 Å². The van der Waals surface area contributed by atoms with Crippen molar-refractivity contribution in [2.45, 2.75) is 12.5 Å². The SMILES string of the molecule is CNNC(=O)CC(N)c1cc(F)ccc1F. The second kappa shape index (κ2) is 5.53. The summed E-state index contributed by atoms with van der Waals surface area (Å²) < 4.78 is 26.1. The Hall–Kier alpha value is -1.53. The molecule has 6 heteroatoms. The quantitative estimate of drug-likeness (QED) is 0.662. The van der Waals surface area contributed by atoms with Crippen LogP contribution in [0.25, 0.3) is 0 Å². The van der Waals surface area contributed by atoms with Crippen LogP contribution in [0, 0.1) is 11.6 Å². The average molecular weight is 229 g/mol. The van der Waals surface area contributed by atoms with Crippen molar-refractivity contribution in [3.05, 3.63) is 35.4 Å². The third-order valence-corrected chi connectivity index (χ3v) is 2.03. The molecule has 1 aromatic rings. The number of hydrogen-bond acceptors (Lipinski definition) is 3. The standard InChI is InChI=1S/C10H13F2N3O/c1-14-15-10(16)5-9(13)7-4-6(11)2-3-8(7)12/h2-4,9,14H,5,13H2,1H3,(H,15,16). The van der Waals surface area contributed by atoms with Gasteiger partial charge in [0.2, 0.25) is 5.91 Å². The summed E-state index contributed by atoms with van der Waals surface area (Å²) in [6.45, 7) is 0. The molecule has 1 amide bonds. The first-order chi connectivity index (χ1) is 7.54. The van der Waals surface area contributed by atoms with E-state index in [2.05, 4.69) is 10.9 Å². The van der Waals surface area contributed by atoms with Gasteiger partial charge in [-0.25, -0.2) is 14.2 Å². The molecule has 0 saturated carbocycles. The molecule has 88 valence electrons. The van der Waals surface area contributed by atoms with E-state index >= 15 is 0 Å². The molecule has 0 spiro atoms. The maximum atomic E-state index is 13.3. The van der Waals surface area contributed by atoms with Crippen LogP contribution in [0.2, 0.25) is 0 Å². The molecule has 0 aliphatic heterocycles. The van der Waals surface area contributed by atoms with Gasteiger partial charge in [-0.2, -0.15) is 0 Å². The number of rotatable bonds is 4. The Morgan fingerprint density at radius 1 is 1.50 bits per heavy atom. The Labute approximate surface area is 91.8 Å². The summed E-state index contributed by atoms with van der Waals surface area (Å²) in [4.78, 5) is 11.2. The molecule has 0 fully saturated rings. The van der Waals surface area contributed by atoms with Crippen molar-refractivity contribution in [1.29, 1.82) is 0 Å². The topological polar surface area (TPSA) is 67.1 Å². The van der Waals surface area contributed by atoms with Crippen LogP contribution in [0.3, 0.4) is 0 Å². The maximum Gasteiger partial charge on any atom is 0.235 e. The minimum Gasteiger partial charge on any atom is -0.323 e. The summed E-state index contributed by atoms with van der Waals surface area (Å²) in [5.74, 6) is -1.59. The molecule has 0 saturated heterocycles. The lowest BCUT2D eigenvalue weighted by Crippen LogP contribution is -2.36. The second-order valence-electron chi connectivity index (χ2n) is 3.27. The van der Waals surface area contributed by atoms with Gasteiger partial charge in [0.15, 0.2) is 0 Å². The Bertz CT molecular complexity index is 384. The molecule has 16 heavy (non-hydrogen) atoms. The van der Waals surface area contributed by atoms with Gasteiger partial charge >= 0.3 is 0 Å². The van der Waals surface area contributed by atoms with Crippen molar-refractivity contribution in [3.8, 4) is 0 Å². The van der Waals surface area contributed by atoms with Crippen molar-refractivity contribution in [2.75, 3.05) is 7.05 Å². The monoisotopic (exact) mass is 229 g/mol. The third kappa shape index (κ3) is 3.25. The predicted molar refractivity (Wildman–Crippen MR) is 55.1 cm³/mol. The molecule has 4 nitrogen and oxygen atoms in total. The van der Waals surface area contributed by atoms with Crippen LogP contribution in [0.4, 0.5) is 8.78 Å². The van der Waals surface area contributed by atoms with E-state index in [1.165, 1.54) is 7.05 Å². The van der Waals surface area contributed by atoms with Crippen LogP contribution in [-0.4, -0.2) is 13.0 Å². The first kappa shape index (κ1) is 12.5. The highest BCUT2D eigenvalue weighted by atomic mass is 19.1. The van der Waals surface area contributed by atoms with Crippen molar-refractivity contribution in [3.63, 3.8) is 0 Å². The molecule has 0 aromatic heterocycles. The van der Waals surface area contributed by atoms with Crippen molar-refractivity contribution >= 4 is 5.91 Å². The van der Waals surface area contributed by atoms with E-state index < -0.39 is 23.6 Å². The number of hydrazine groups is 1. The Morgan fingerprint density at radius 2 is 2.19 bits per heavy atom. The summed E-state index contributed by atoms with van der Waals surface area (Å²) >= 11 is 0. The van der Waals surface area contributed by atoms with E-state index in [0.717, 1.165) is 18.2 Å². The van der Waals surface area contributed by atoms with Crippen LogP contribution in [0.1, 0.15) is 18.0 Å². The van der Waals surface area contributed by atoms with Gasteiger partial charge in [-0.15, -0.1) is 0 Å². The van der Waals surface area contributed by atoms with Crippen LogP contribution < -0.4 is 16.6 Å². The molecule has 0 aliphatic carbocycles. The van der Waals surface area contributed by atoms with Gasteiger partial charge in [0.05, 0.1) is 0 Å². The van der Waals surface area contributed by atoms with Crippen molar-refractivity contribution in [1.82, 2.24) is 10.9 Å². The number of nitrogens with two attached hydrogens (primary N) is 1. The summed E-state index contributed by atoms with van der Waals surface area (Å²) in [6.07, 6.45) is -0.124. The van der Waals surface area contributed by atoms with E-state index in [0.29, 0.717) is 0 Å². The maximum absolute atomic E-state index is 13.3. The average Bonchev–Trinajstić information content (AvgIpc) is 2.21. The van der Waals surface area contributed by atoms with E-state index in [4.69, 9.17) is 5.73 Å². The number of amides is 1. The fourth-order valence-corrected chi connectivity index (χ4v) is 1.30. The molecule has 1 atom stereocenters. The lowest BCUT2D eigenvalue weighted by Gasteiger charge is -2.12. The zero-order valence-corrected chi connectivity index (χ0v) is 8.76.